The van der Waals surface area contributed by atoms with Gasteiger partial charge in [0.1, 0.15) is 11.8 Å². The number of nitrogens with two attached hydrogens (primary N) is 1. The number of thioether (sulfide) groups is 1. The van der Waals surface area contributed by atoms with E-state index in [9.17, 15) is 24.0 Å². The molecule has 2 aromatic rings. The van der Waals surface area contributed by atoms with Gasteiger partial charge in [-0.05, 0) is 30.7 Å². The number of thiophene rings is 1. The quantitative estimate of drug-likeness (QED) is 0.650. The summed E-state index contributed by atoms with van der Waals surface area (Å²) in [7, 11) is 0. The Kier molecular flexibility index (Phi) is 5.46. The number of carbonyl (C=O) groups is 4. The van der Waals surface area contributed by atoms with Gasteiger partial charge < -0.3 is 10.6 Å². The van der Waals surface area contributed by atoms with E-state index in [1.165, 1.54) is 15.9 Å². The van der Waals surface area contributed by atoms with Gasteiger partial charge in [0, 0.05) is 28.8 Å². The molecule has 0 aromatic carbocycles. The number of hydrogen-bond acceptors (Lipinski definition) is 8. The molecule has 2 fully saturated rings. The van der Waals surface area contributed by atoms with Gasteiger partial charge in [0.15, 0.2) is 0 Å². The molecule has 9 nitrogen and oxygen atoms in total. The molecule has 0 saturated carbocycles. The number of carbonyl (C=O) groups excluding carboxylic acids is 4. The molecule has 2 N–H and O–H groups in total. The molecule has 32 heavy (non-hydrogen) atoms. The zero-order valence-electron chi connectivity index (χ0n) is 16.9. The maximum Gasteiger partial charge on any atom is 0.328 e. The first-order chi connectivity index (χ1) is 15.4. The third kappa shape index (κ3) is 3.32. The van der Waals surface area contributed by atoms with E-state index in [2.05, 4.69) is 0 Å². The third-order valence-corrected chi connectivity index (χ3v) is 9.68. The minimum atomic E-state index is -1.10. The summed E-state index contributed by atoms with van der Waals surface area (Å²) in [6, 6.07) is 2.59. The Bertz CT molecular complexity index is 1160. The lowest BCUT2D eigenvalue weighted by Gasteiger charge is -2.30. The normalized spacial score (nSPS) is 25.1. The number of fused-ring (bicyclic) bond motifs is 2. The molecule has 3 aliphatic rings. The second kappa shape index (κ2) is 8.16. The molecule has 12 heteroatoms. The SMILES string of the molecule is NC(=O)N1C(=O)C2Sc3c(sc(=O)n3CC(=O)N3CCCCC3)[C@@H](c3cccs3)C2C1=O. The summed E-state index contributed by atoms with van der Waals surface area (Å²) < 4.78 is 1.42. The molecule has 5 rings (SSSR count). The predicted molar refractivity (Wildman–Crippen MR) is 120 cm³/mol. The van der Waals surface area contributed by atoms with Crippen LogP contribution in [0.2, 0.25) is 0 Å². The van der Waals surface area contributed by atoms with Gasteiger partial charge in [-0.1, -0.05) is 29.2 Å². The zero-order valence-corrected chi connectivity index (χ0v) is 19.3. The molecule has 5 heterocycles. The average Bonchev–Trinajstić information content (AvgIpc) is 3.46. The fraction of sp³-hybridized carbons (Fsp3) is 0.450. The molecule has 3 atom stereocenters. The van der Waals surface area contributed by atoms with Crippen LogP contribution < -0.4 is 10.6 Å². The van der Waals surface area contributed by atoms with Crippen molar-refractivity contribution in [2.75, 3.05) is 13.1 Å². The Hall–Kier alpha value is -2.44. The number of thiazole rings is 1. The lowest BCUT2D eigenvalue weighted by molar-refractivity contribution is -0.136. The zero-order chi connectivity index (χ0) is 22.6. The van der Waals surface area contributed by atoms with Crippen LogP contribution in [-0.2, 0) is 20.9 Å². The summed E-state index contributed by atoms with van der Waals surface area (Å²) >= 11 is 3.50. The Labute approximate surface area is 195 Å². The molecule has 0 radical (unpaired) electrons. The van der Waals surface area contributed by atoms with Crippen molar-refractivity contribution < 1.29 is 19.2 Å². The van der Waals surface area contributed by atoms with Crippen LogP contribution in [-0.4, -0.2) is 56.5 Å². The van der Waals surface area contributed by atoms with E-state index in [1.54, 1.807) is 4.90 Å². The Morgan fingerprint density at radius 3 is 2.50 bits per heavy atom. The molecule has 3 aliphatic heterocycles. The van der Waals surface area contributed by atoms with Gasteiger partial charge in [-0.15, -0.1) is 11.3 Å². The van der Waals surface area contributed by atoms with Gasteiger partial charge in [-0.2, -0.15) is 4.90 Å². The molecule has 0 bridgehead atoms. The highest BCUT2D eigenvalue weighted by Gasteiger charge is 2.58. The van der Waals surface area contributed by atoms with Crippen LogP contribution in [0.3, 0.4) is 0 Å². The minimum absolute atomic E-state index is 0.103. The Balaban J connectivity index is 1.57. The largest absolute Gasteiger partial charge is 0.351 e. The van der Waals surface area contributed by atoms with E-state index < -0.39 is 34.9 Å². The number of nitrogens with zero attached hydrogens (tertiary/aromatic N) is 3. The first-order valence-corrected chi connectivity index (χ1v) is 12.8. The van der Waals surface area contributed by atoms with Crippen molar-refractivity contribution in [2.45, 2.75) is 42.0 Å². The molecular weight excluding hydrogens is 472 g/mol. The van der Waals surface area contributed by atoms with Crippen molar-refractivity contribution in [2.24, 2.45) is 11.7 Å². The molecular formula is C20H20N4O5S3. The van der Waals surface area contributed by atoms with E-state index in [-0.39, 0.29) is 17.3 Å². The average molecular weight is 493 g/mol. The number of amides is 5. The van der Waals surface area contributed by atoms with Crippen molar-refractivity contribution in [3.05, 3.63) is 36.9 Å². The van der Waals surface area contributed by atoms with Crippen LogP contribution in [0.25, 0.3) is 0 Å². The lowest BCUT2D eigenvalue weighted by atomic mass is 9.87. The van der Waals surface area contributed by atoms with Crippen LogP contribution in [0.5, 0.6) is 0 Å². The van der Waals surface area contributed by atoms with Crippen molar-refractivity contribution in [1.29, 1.82) is 0 Å². The molecule has 168 valence electrons. The van der Waals surface area contributed by atoms with Crippen LogP contribution in [0.15, 0.2) is 27.3 Å². The van der Waals surface area contributed by atoms with E-state index in [0.717, 1.165) is 47.2 Å². The topological polar surface area (TPSA) is 123 Å². The molecule has 0 aliphatic carbocycles. The number of urea groups is 1. The first-order valence-electron chi connectivity index (χ1n) is 10.3. The summed E-state index contributed by atoms with van der Waals surface area (Å²) in [6.07, 6.45) is 2.98. The molecule has 2 aromatic heterocycles. The second-order valence-electron chi connectivity index (χ2n) is 7.97. The molecule has 2 unspecified atom stereocenters. The summed E-state index contributed by atoms with van der Waals surface area (Å²) in [5.41, 5.74) is 5.32. The highest BCUT2D eigenvalue weighted by atomic mass is 32.2. The number of likely N-dealkylation sites (tertiary alicyclic amines) is 2. The first kappa shape index (κ1) is 21.4. The van der Waals surface area contributed by atoms with Gasteiger partial charge in [0.05, 0.1) is 10.9 Å². The van der Waals surface area contributed by atoms with Gasteiger partial charge in [-0.25, -0.2) is 4.79 Å². The van der Waals surface area contributed by atoms with E-state index in [4.69, 9.17) is 5.73 Å². The number of primary amides is 1. The van der Waals surface area contributed by atoms with Gasteiger partial charge in [0.25, 0.3) is 5.91 Å². The van der Waals surface area contributed by atoms with Gasteiger partial charge >= 0.3 is 10.9 Å². The van der Waals surface area contributed by atoms with Gasteiger partial charge in [0.2, 0.25) is 11.8 Å². The van der Waals surface area contributed by atoms with Crippen LogP contribution in [0, 0.1) is 5.92 Å². The summed E-state index contributed by atoms with van der Waals surface area (Å²) in [4.78, 5) is 67.1. The van der Waals surface area contributed by atoms with Crippen molar-refractivity contribution in [3.63, 3.8) is 0 Å². The number of hydrogen-bond donors (Lipinski definition) is 1. The van der Waals surface area contributed by atoms with Crippen molar-refractivity contribution in [1.82, 2.24) is 14.4 Å². The van der Waals surface area contributed by atoms with Crippen molar-refractivity contribution in [3.8, 4) is 0 Å². The fourth-order valence-electron chi connectivity index (χ4n) is 4.63. The number of imide groups is 3. The monoisotopic (exact) mass is 492 g/mol. The predicted octanol–water partition coefficient (Wildman–Crippen LogP) is 1.65. The molecule has 2 saturated heterocycles. The molecule has 0 spiro atoms. The number of piperidine rings is 1. The summed E-state index contributed by atoms with van der Waals surface area (Å²) in [5, 5.41) is 1.51. The van der Waals surface area contributed by atoms with E-state index in [0.29, 0.717) is 27.9 Å². The smallest absolute Gasteiger partial charge is 0.328 e. The minimum Gasteiger partial charge on any atom is -0.351 e. The third-order valence-electron chi connectivity index (χ3n) is 6.12. The number of aromatic nitrogens is 1. The summed E-state index contributed by atoms with van der Waals surface area (Å²) in [5.74, 6) is -2.80. The maximum absolute atomic E-state index is 13.0. The fourth-order valence-corrected chi connectivity index (χ4v) is 8.35. The van der Waals surface area contributed by atoms with E-state index >= 15 is 0 Å². The number of rotatable bonds is 3. The Morgan fingerprint density at radius 1 is 1.09 bits per heavy atom. The lowest BCUT2D eigenvalue weighted by Crippen LogP contribution is -2.41. The van der Waals surface area contributed by atoms with Crippen molar-refractivity contribution >= 4 is 58.2 Å². The Morgan fingerprint density at radius 2 is 1.84 bits per heavy atom. The highest BCUT2D eigenvalue weighted by molar-refractivity contribution is 8.00. The maximum atomic E-state index is 13.0. The van der Waals surface area contributed by atoms with Crippen LogP contribution >= 0.6 is 34.4 Å². The van der Waals surface area contributed by atoms with E-state index in [1.807, 2.05) is 17.5 Å². The second-order valence-corrected chi connectivity index (χ2v) is 11.1. The summed E-state index contributed by atoms with van der Waals surface area (Å²) in [6.45, 7) is 1.25. The highest BCUT2D eigenvalue weighted by Crippen LogP contribution is 2.53. The van der Waals surface area contributed by atoms with Crippen LogP contribution in [0.1, 0.15) is 34.9 Å². The molecule has 5 amide bonds. The standard InChI is InChI=1S/C20H20N4O5S3/c21-19(28)24-16(26)13-12(10-5-4-8-30-10)15-18(31-14(13)17(24)27)23(20(29)32-15)9-11(25)22-6-2-1-3-7-22/h4-5,8,12-14H,1-3,6-7,9H2,(H2,21,28)/t12-,13?,14?/m0/s1. The van der Waals surface area contributed by atoms with Gasteiger partial charge in [-0.3, -0.25) is 23.7 Å². The van der Waals surface area contributed by atoms with Crippen LogP contribution in [0.4, 0.5) is 4.79 Å².